The van der Waals surface area contributed by atoms with E-state index in [4.69, 9.17) is 4.74 Å². The maximum atomic E-state index is 12.4. The van der Waals surface area contributed by atoms with Gasteiger partial charge in [-0.3, -0.25) is 9.59 Å². The summed E-state index contributed by atoms with van der Waals surface area (Å²) in [6.07, 6.45) is 0.406. The first-order valence-electron chi connectivity index (χ1n) is 9.56. The first kappa shape index (κ1) is 22.8. The molecule has 1 atom stereocenters. The van der Waals surface area contributed by atoms with Crippen molar-refractivity contribution in [2.75, 3.05) is 13.7 Å². The molecule has 2 aromatic carbocycles. The van der Waals surface area contributed by atoms with E-state index in [1.54, 1.807) is 24.3 Å². The van der Waals surface area contributed by atoms with Crippen molar-refractivity contribution >= 4 is 23.6 Å². The average Bonchev–Trinajstić information content (AvgIpc) is 2.76. The van der Waals surface area contributed by atoms with Gasteiger partial charge in [0.2, 0.25) is 0 Å². The smallest absolute Gasteiger partial charge is 0.338 e. The molecule has 0 radical (unpaired) electrons. The minimum Gasteiger partial charge on any atom is -0.467 e. The number of hydrogen-bond acceptors (Lipinski definition) is 6. The van der Waals surface area contributed by atoms with Crippen molar-refractivity contribution in [1.29, 1.82) is 0 Å². The number of hydrogen-bond donors (Lipinski definition) is 1. The van der Waals surface area contributed by atoms with Crippen molar-refractivity contribution in [3.63, 3.8) is 0 Å². The highest BCUT2D eigenvalue weighted by Crippen LogP contribution is 2.12. The fourth-order valence-electron chi connectivity index (χ4n) is 2.79. The van der Waals surface area contributed by atoms with Crippen LogP contribution in [0.5, 0.6) is 0 Å². The highest BCUT2D eigenvalue weighted by molar-refractivity contribution is 6.09. The Morgan fingerprint density at radius 3 is 2.00 bits per heavy atom. The monoisotopic (exact) mass is 411 g/mol. The number of benzene rings is 2. The molecule has 2 aromatic rings. The lowest BCUT2D eigenvalue weighted by atomic mass is 10.0. The molecule has 0 aliphatic rings. The maximum absolute atomic E-state index is 12.4. The third kappa shape index (κ3) is 6.55. The SMILES string of the molecule is COC(=O)[C@@H](CC(C)C)NC(=O)COC(=O)c1ccc(C(=O)c2ccccc2)cc1. The lowest BCUT2D eigenvalue weighted by molar-refractivity contribution is -0.145. The van der Waals surface area contributed by atoms with Crippen LogP contribution in [0.2, 0.25) is 0 Å². The zero-order valence-electron chi connectivity index (χ0n) is 17.2. The van der Waals surface area contributed by atoms with Gasteiger partial charge in [0.25, 0.3) is 5.91 Å². The number of rotatable bonds is 9. The molecule has 158 valence electrons. The van der Waals surface area contributed by atoms with E-state index < -0.39 is 30.5 Å². The quantitative estimate of drug-likeness (QED) is 0.503. The molecule has 0 aromatic heterocycles. The van der Waals surface area contributed by atoms with Crippen LogP contribution in [0.3, 0.4) is 0 Å². The summed E-state index contributed by atoms with van der Waals surface area (Å²) in [6, 6.07) is 14.0. The lowest BCUT2D eigenvalue weighted by Gasteiger charge is -2.18. The summed E-state index contributed by atoms with van der Waals surface area (Å²) in [5, 5.41) is 2.51. The summed E-state index contributed by atoms with van der Waals surface area (Å²) in [6.45, 7) is 3.29. The van der Waals surface area contributed by atoms with Gasteiger partial charge in [0.1, 0.15) is 6.04 Å². The Labute approximate surface area is 175 Å². The Morgan fingerprint density at radius 1 is 0.867 bits per heavy atom. The van der Waals surface area contributed by atoms with E-state index in [-0.39, 0.29) is 17.3 Å². The molecule has 0 saturated carbocycles. The van der Waals surface area contributed by atoms with E-state index in [0.29, 0.717) is 17.5 Å². The number of carbonyl (C=O) groups is 4. The summed E-state index contributed by atoms with van der Waals surface area (Å²) in [4.78, 5) is 48.4. The first-order valence-corrected chi connectivity index (χ1v) is 9.56. The summed E-state index contributed by atoms with van der Waals surface area (Å²) in [5.41, 5.74) is 1.19. The second-order valence-corrected chi connectivity index (χ2v) is 7.12. The van der Waals surface area contributed by atoms with Crippen molar-refractivity contribution in [1.82, 2.24) is 5.32 Å². The molecule has 0 unspecified atom stereocenters. The van der Waals surface area contributed by atoms with Crippen molar-refractivity contribution in [3.8, 4) is 0 Å². The summed E-state index contributed by atoms with van der Waals surface area (Å²) < 4.78 is 9.69. The molecule has 0 fully saturated rings. The van der Waals surface area contributed by atoms with E-state index in [1.165, 1.54) is 31.4 Å². The second kappa shape index (κ2) is 10.9. The molecule has 30 heavy (non-hydrogen) atoms. The average molecular weight is 411 g/mol. The zero-order valence-corrected chi connectivity index (χ0v) is 17.2. The largest absolute Gasteiger partial charge is 0.467 e. The Morgan fingerprint density at radius 2 is 1.43 bits per heavy atom. The van der Waals surface area contributed by atoms with E-state index in [1.807, 2.05) is 19.9 Å². The maximum Gasteiger partial charge on any atom is 0.338 e. The Kier molecular flexibility index (Phi) is 8.29. The number of methoxy groups -OCH3 is 1. The fourth-order valence-corrected chi connectivity index (χ4v) is 2.79. The van der Waals surface area contributed by atoms with Gasteiger partial charge in [-0.15, -0.1) is 0 Å². The minimum absolute atomic E-state index is 0.158. The van der Waals surface area contributed by atoms with Gasteiger partial charge in [0.05, 0.1) is 12.7 Å². The minimum atomic E-state index is -0.801. The fraction of sp³-hybridized carbons (Fsp3) is 0.304. The number of ketones is 1. The van der Waals surface area contributed by atoms with E-state index >= 15 is 0 Å². The zero-order chi connectivity index (χ0) is 22.1. The highest BCUT2D eigenvalue weighted by atomic mass is 16.5. The third-order valence-electron chi connectivity index (χ3n) is 4.28. The van der Waals surface area contributed by atoms with Gasteiger partial charge in [0, 0.05) is 11.1 Å². The molecule has 0 bridgehead atoms. The molecule has 0 saturated heterocycles. The molecule has 0 heterocycles. The highest BCUT2D eigenvalue weighted by Gasteiger charge is 2.23. The van der Waals surface area contributed by atoms with Crippen molar-refractivity contribution in [3.05, 3.63) is 71.3 Å². The molecule has 2 rings (SSSR count). The van der Waals surface area contributed by atoms with Gasteiger partial charge in [-0.1, -0.05) is 56.3 Å². The van der Waals surface area contributed by atoms with Crippen LogP contribution < -0.4 is 5.32 Å². The van der Waals surface area contributed by atoms with Crippen LogP contribution >= 0.6 is 0 Å². The van der Waals surface area contributed by atoms with E-state index in [2.05, 4.69) is 10.1 Å². The van der Waals surface area contributed by atoms with Crippen LogP contribution in [0.1, 0.15) is 46.5 Å². The van der Waals surface area contributed by atoms with Crippen molar-refractivity contribution < 1.29 is 28.7 Å². The van der Waals surface area contributed by atoms with Gasteiger partial charge in [0.15, 0.2) is 12.4 Å². The molecule has 1 amide bonds. The second-order valence-electron chi connectivity index (χ2n) is 7.12. The number of carbonyl (C=O) groups excluding carboxylic acids is 4. The third-order valence-corrected chi connectivity index (χ3v) is 4.28. The first-order chi connectivity index (χ1) is 14.3. The topological polar surface area (TPSA) is 98.8 Å². The Balaban J connectivity index is 1.92. The summed E-state index contributed by atoms with van der Waals surface area (Å²) in [5.74, 6) is -1.86. The summed E-state index contributed by atoms with van der Waals surface area (Å²) >= 11 is 0. The van der Waals surface area contributed by atoms with Crippen LogP contribution in [-0.2, 0) is 19.1 Å². The van der Waals surface area contributed by atoms with E-state index in [9.17, 15) is 19.2 Å². The van der Waals surface area contributed by atoms with Crippen molar-refractivity contribution in [2.45, 2.75) is 26.3 Å². The molecule has 0 aliphatic carbocycles. The van der Waals surface area contributed by atoms with Crippen LogP contribution in [0.4, 0.5) is 0 Å². The van der Waals surface area contributed by atoms with Crippen LogP contribution in [0.15, 0.2) is 54.6 Å². The number of ether oxygens (including phenoxy) is 2. The van der Waals surface area contributed by atoms with Gasteiger partial charge < -0.3 is 14.8 Å². The van der Waals surface area contributed by atoms with Gasteiger partial charge in [-0.2, -0.15) is 0 Å². The number of esters is 2. The summed E-state index contributed by atoms with van der Waals surface area (Å²) in [7, 11) is 1.24. The lowest BCUT2D eigenvalue weighted by Crippen LogP contribution is -2.44. The number of nitrogens with one attached hydrogen (secondary N) is 1. The molecule has 0 spiro atoms. The van der Waals surface area contributed by atoms with Crippen LogP contribution in [-0.4, -0.2) is 43.4 Å². The van der Waals surface area contributed by atoms with Gasteiger partial charge in [-0.25, -0.2) is 9.59 Å². The normalized spacial score (nSPS) is 11.5. The number of amides is 1. The molecule has 0 aliphatic heterocycles. The standard InChI is InChI=1S/C23H25NO6/c1-15(2)13-19(23(28)29-3)24-20(25)14-30-22(27)18-11-9-17(10-12-18)21(26)16-7-5-4-6-8-16/h4-12,15,19H,13-14H2,1-3H3,(H,24,25)/t19-/m1/s1. The molecule has 7 heteroatoms. The molecule has 7 nitrogen and oxygen atoms in total. The predicted octanol–water partition coefficient (Wildman–Crippen LogP) is 2.78. The van der Waals surface area contributed by atoms with Gasteiger partial charge in [-0.05, 0) is 24.5 Å². The Hall–Kier alpha value is -3.48. The van der Waals surface area contributed by atoms with Crippen molar-refractivity contribution in [2.24, 2.45) is 5.92 Å². The van der Waals surface area contributed by atoms with Crippen LogP contribution in [0, 0.1) is 5.92 Å². The van der Waals surface area contributed by atoms with Gasteiger partial charge >= 0.3 is 11.9 Å². The van der Waals surface area contributed by atoms with Crippen LogP contribution in [0.25, 0.3) is 0 Å². The molecular weight excluding hydrogens is 386 g/mol. The molecular formula is C23H25NO6. The Bertz CT molecular complexity index is 890. The molecule has 1 N–H and O–H groups in total. The predicted molar refractivity (Wildman–Crippen MR) is 110 cm³/mol. The van der Waals surface area contributed by atoms with E-state index in [0.717, 1.165) is 0 Å².